The average Bonchev–Trinajstić information content (AvgIpc) is 2.67. The molecule has 0 spiro atoms. The Hall–Kier alpha value is -2.57. The Labute approximate surface area is 115 Å². The lowest BCUT2D eigenvalue weighted by molar-refractivity contribution is 0.0952. The van der Waals surface area contributed by atoms with Gasteiger partial charge in [-0.3, -0.25) is 9.59 Å². The summed E-state index contributed by atoms with van der Waals surface area (Å²) in [7, 11) is 0. The highest BCUT2D eigenvalue weighted by Gasteiger charge is 2.12. The molecule has 2 aromatic heterocycles. The predicted octanol–water partition coefficient (Wildman–Crippen LogP) is 0.534. The van der Waals surface area contributed by atoms with Crippen LogP contribution in [0.3, 0.4) is 0 Å². The van der Waals surface area contributed by atoms with E-state index in [0.29, 0.717) is 35.9 Å². The van der Waals surface area contributed by atoms with Crippen LogP contribution in [0.15, 0.2) is 21.3 Å². The summed E-state index contributed by atoms with van der Waals surface area (Å²) in [4.78, 5) is 29.7. The zero-order valence-corrected chi connectivity index (χ0v) is 11.3. The second-order valence-corrected chi connectivity index (χ2v) is 4.45. The second kappa shape index (κ2) is 5.60. The Morgan fingerprint density at radius 2 is 2.20 bits per heavy atom. The van der Waals surface area contributed by atoms with Gasteiger partial charge in [0.05, 0.1) is 5.56 Å². The lowest BCUT2D eigenvalue weighted by Crippen LogP contribution is -2.27. The van der Waals surface area contributed by atoms with Crippen molar-refractivity contribution in [1.82, 2.24) is 15.3 Å². The minimum atomic E-state index is -0.305. The van der Waals surface area contributed by atoms with Gasteiger partial charge in [-0.1, -0.05) is 0 Å². The molecule has 2 rings (SSSR count). The fraction of sp³-hybridized carbons (Fsp3) is 0.308. The summed E-state index contributed by atoms with van der Waals surface area (Å²) in [5.41, 5.74) is 5.68. The van der Waals surface area contributed by atoms with Crippen molar-refractivity contribution < 1.29 is 9.21 Å². The van der Waals surface area contributed by atoms with Crippen LogP contribution >= 0.6 is 0 Å². The summed E-state index contributed by atoms with van der Waals surface area (Å²) in [5.74, 6) is 1.65. The number of anilines is 1. The Bertz CT molecular complexity index is 687. The van der Waals surface area contributed by atoms with E-state index in [9.17, 15) is 9.59 Å². The van der Waals surface area contributed by atoms with Crippen molar-refractivity contribution in [2.24, 2.45) is 0 Å². The number of rotatable bonds is 4. The fourth-order valence-electron chi connectivity index (χ4n) is 1.89. The first-order valence-electron chi connectivity index (χ1n) is 6.16. The quantitative estimate of drug-likeness (QED) is 0.753. The number of carbonyl (C=O) groups is 1. The molecule has 0 aliphatic rings. The lowest BCUT2D eigenvalue weighted by Gasteiger charge is -2.04. The normalized spacial score (nSPS) is 10.5. The number of aromatic nitrogens is 2. The maximum Gasteiger partial charge on any atom is 0.254 e. The van der Waals surface area contributed by atoms with Crippen LogP contribution in [0.25, 0.3) is 0 Å². The molecule has 106 valence electrons. The monoisotopic (exact) mass is 276 g/mol. The van der Waals surface area contributed by atoms with Crippen molar-refractivity contribution in [1.29, 1.82) is 0 Å². The summed E-state index contributed by atoms with van der Waals surface area (Å²) in [6.07, 6.45) is 0.391. The molecule has 0 aliphatic carbocycles. The van der Waals surface area contributed by atoms with Crippen molar-refractivity contribution in [3.05, 3.63) is 45.4 Å². The van der Waals surface area contributed by atoms with E-state index in [4.69, 9.17) is 10.2 Å². The molecule has 4 N–H and O–H groups in total. The highest BCUT2D eigenvalue weighted by molar-refractivity contribution is 5.95. The first-order chi connectivity index (χ1) is 9.45. The van der Waals surface area contributed by atoms with Crippen LogP contribution in [0.5, 0.6) is 0 Å². The summed E-state index contributed by atoms with van der Waals surface area (Å²) < 4.78 is 5.29. The van der Waals surface area contributed by atoms with E-state index in [-0.39, 0.29) is 17.3 Å². The van der Waals surface area contributed by atoms with E-state index in [1.54, 1.807) is 19.9 Å². The molecule has 2 heterocycles. The molecule has 7 heteroatoms. The summed E-state index contributed by atoms with van der Waals surface area (Å²) in [6, 6.07) is 2.89. The summed E-state index contributed by atoms with van der Waals surface area (Å²) in [5, 5.41) is 2.74. The Balaban J connectivity index is 1.94. The van der Waals surface area contributed by atoms with Crippen LogP contribution in [0.2, 0.25) is 0 Å². The topological polar surface area (TPSA) is 114 Å². The Morgan fingerprint density at radius 1 is 1.45 bits per heavy atom. The Morgan fingerprint density at radius 3 is 2.80 bits per heavy atom. The molecule has 0 atom stereocenters. The highest BCUT2D eigenvalue weighted by atomic mass is 16.3. The van der Waals surface area contributed by atoms with Gasteiger partial charge in [0.25, 0.3) is 11.5 Å². The Kier molecular flexibility index (Phi) is 3.88. The zero-order chi connectivity index (χ0) is 14.7. The minimum Gasteiger partial charge on any atom is -0.466 e. The smallest absolute Gasteiger partial charge is 0.254 e. The van der Waals surface area contributed by atoms with Gasteiger partial charge in [-0.05, 0) is 19.9 Å². The molecular weight excluding hydrogens is 260 g/mol. The molecule has 20 heavy (non-hydrogen) atoms. The minimum absolute atomic E-state index is 0.163. The molecule has 1 amide bonds. The number of carbonyl (C=O) groups excluding carboxylic acids is 1. The number of nitrogen functional groups attached to an aromatic ring is 1. The van der Waals surface area contributed by atoms with E-state index in [1.165, 1.54) is 6.07 Å². The first-order valence-corrected chi connectivity index (χ1v) is 6.16. The number of furan rings is 1. The van der Waals surface area contributed by atoms with Crippen LogP contribution < -0.4 is 16.6 Å². The van der Waals surface area contributed by atoms with Gasteiger partial charge in [-0.15, -0.1) is 0 Å². The van der Waals surface area contributed by atoms with Gasteiger partial charge in [0.2, 0.25) is 0 Å². The lowest BCUT2D eigenvalue weighted by atomic mass is 10.2. The molecule has 0 unspecified atom stereocenters. The first kappa shape index (κ1) is 13.9. The van der Waals surface area contributed by atoms with Gasteiger partial charge in [0.1, 0.15) is 23.2 Å². The number of aromatic amines is 1. The summed E-state index contributed by atoms with van der Waals surface area (Å²) >= 11 is 0. The van der Waals surface area contributed by atoms with Crippen LogP contribution in [-0.4, -0.2) is 22.4 Å². The van der Waals surface area contributed by atoms with Gasteiger partial charge in [0.15, 0.2) is 0 Å². The van der Waals surface area contributed by atoms with E-state index >= 15 is 0 Å². The number of amides is 1. The molecule has 0 bridgehead atoms. The SMILES string of the molecule is Cc1cc(C(=O)NCCc2nc(N)cc(=O)[nH]2)c(C)o1. The van der Waals surface area contributed by atoms with Gasteiger partial charge < -0.3 is 20.5 Å². The largest absolute Gasteiger partial charge is 0.466 e. The molecule has 0 aliphatic heterocycles. The van der Waals surface area contributed by atoms with Gasteiger partial charge in [0, 0.05) is 19.0 Å². The van der Waals surface area contributed by atoms with E-state index in [0.717, 1.165) is 0 Å². The number of hydrogen-bond donors (Lipinski definition) is 3. The number of aryl methyl sites for hydroxylation is 2. The third-order valence-corrected chi connectivity index (χ3v) is 2.74. The number of nitrogens with two attached hydrogens (primary N) is 1. The van der Waals surface area contributed by atoms with Crippen molar-refractivity contribution in [2.45, 2.75) is 20.3 Å². The van der Waals surface area contributed by atoms with Crippen molar-refractivity contribution in [2.75, 3.05) is 12.3 Å². The zero-order valence-electron chi connectivity index (χ0n) is 11.3. The number of H-pyrrole nitrogens is 1. The third kappa shape index (κ3) is 3.25. The molecule has 7 nitrogen and oxygen atoms in total. The van der Waals surface area contributed by atoms with Crippen LogP contribution in [0, 0.1) is 13.8 Å². The van der Waals surface area contributed by atoms with Crippen LogP contribution in [-0.2, 0) is 6.42 Å². The maximum absolute atomic E-state index is 11.9. The molecule has 0 aromatic carbocycles. The van der Waals surface area contributed by atoms with Gasteiger partial charge in [-0.25, -0.2) is 4.98 Å². The molecule has 0 radical (unpaired) electrons. The number of hydrogen-bond acceptors (Lipinski definition) is 5. The standard InChI is InChI=1S/C13H16N4O3/c1-7-5-9(8(2)20-7)13(19)15-4-3-11-16-10(14)6-12(18)17-11/h5-6H,3-4H2,1-2H3,(H,15,19)(H3,14,16,17,18). The second-order valence-electron chi connectivity index (χ2n) is 4.45. The van der Waals surface area contributed by atoms with Crippen molar-refractivity contribution in [3.8, 4) is 0 Å². The fourth-order valence-corrected chi connectivity index (χ4v) is 1.89. The molecule has 2 aromatic rings. The maximum atomic E-state index is 11.9. The predicted molar refractivity (Wildman–Crippen MR) is 73.5 cm³/mol. The van der Waals surface area contributed by atoms with Crippen molar-refractivity contribution in [3.63, 3.8) is 0 Å². The molecular formula is C13H16N4O3. The van der Waals surface area contributed by atoms with Gasteiger partial charge >= 0.3 is 0 Å². The number of nitrogens with one attached hydrogen (secondary N) is 2. The highest BCUT2D eigenvalue weighted by Crippen LogP contribution is 2.13. The molecule has 0 saturated heterocycles. The van der Waals surface area contributed by atoms with Crippen LogP contribution in [0.4, 0.5) is 5.82 Å². The van der Waals surface area contributed by atoms with E-state index in [1.807, 2.05) is 0 Å². The summed E-state index contributed by atoms with van der Waals surface area (Å²) in [6.45, 7) is 3.86. The average molecular weight is 276 g/mol. The molecule has 0 fully saturated rings. The van der Waals surface area contributed by atoms with E-state index in [2.05, 4.69) is 15.3 Å². The number of nitrogens with zero attached hydrogens (tertiary/aromatic N) is 1. The van der Waals surface area contributed by atoms with Gasteiger partial charge in [-0.2, -0.15) is 0 Å². The third-order valence-electron chi connectivity index (χ3n) is 2.74. The van der Waals surface area contributed by atoms with Crippen molar-refractivity contribution >= 4 is 11.7 Å². The van der Waals surface area contributed by atoms with Crippen LogP contribution in [0.1, 0.15) is 27.7 Å². The van der Waals surface area contributed by atoms with E-state index < -0.39 is 0 Å². The molecule has 0 saturated carbocycles.